The maximum atomic E-state index is 13.5. The molecule has 6 nitrogen and oxygen atoms in total. The first kappa shape index (κ1) is 20.4. The minimum Gasteiger partial charge on any atom is -0.453 e. The summed E-state index contributed by atoms with van der Waals surface area (Å²) in [6.07, 6.45) is 5.39. The Morgan fingerprint density at radius 3 is 2.47 bits per heavy atom. The monoisotopic (exact) mass is 407 g/mol. The van der Waals surface area contributed by atoms with Gasteiger partial charge in [0.1, 0.15) is 0 Å². The lowest BCUT2D eigenvalue weighted by Gasteiger charge is -2.29. The number of nitrogens with one attached hydrogen (secondary N) is 1. The zero-order valence-corrected chi connectivity index (χ0v) is 17.5. The quantitative estimate of drug-likeness (QED) is 0.810. The number of hydrogen-bond donors (Lipinski definition) is 1. The minimum atomic E-state index is -0.521. The number of piperidine rings is 1. The minimum absolute atomic E-state index is 0.0893. The third-order valence-corrected chi connectivity index (χ3v) is 5.99. The highest BCUT2D eigenvalue weighted by molar-refractivity contribution is 6.03. The zero-order valence-electron chi connectivity index (χ0n) is 17.5. The summed E-state index contributed by atoms with van der Waals surface area (Å²) in [5.41, 5.74) is 4.68. The van der Waals surface area contributed by atoms with Crippen LogP contribution in [0.2, 0.25) is 0 Å². The number of likely N-dealkylation sites (tertiary alicyclic amines) is 1. The normalized spacial score (nSPS) is 16.2. The Labute approximate surface area is 177 Å². The number of anilines is 3. The van der Waals surface area contributed by atoms with Crippen molar-refractivity contribution in [3.05, 3.63) is 53.6 Å². The van der Waals surface area contributed by atoms with Crippen LogP contribution in [0.5, 0.6) is 0 Å². The molecule has 0 aliphatic carbocycles. The zero-order chi connectivity index (χ0) is 20.9. The number of aryl methyl sites for hydroxylation is 2. The fraction of sp³-hybridized carbons (Fsp3) is 0.417. The molecule has 0 atom stereocenters. The van der Waals surface area contributed by atoms with E-state index in [0.717, 1.165) is 49.4 Å². The summed E-state index contributed by atoms with van der Waals surface area (Å²) in [6, 6.07) is 13.9. The average molecular weight is 408 g/mol. The van der Waals surface area contributed by atoms with Gasteiger partial charge in [-0.2, -0.15) is 0 Å². The average Bonchev–Trinajstić information content (AvgIpc) is 2.94. The second kappa shape index (κ2) is 9.30. The molecule has 2 aromatic carbocycles. The van der Waals surface area contributed by atoms with Gasteiger partial charge in [0, 0.05) is 18.7 Å². The molecule has 0 aromatic heterocycles. The van der Waals surface area contributed by atoms with Crippen molar-refractivity contribution in [2.75, 3.05) is 37.0 Å². The van der Waals surface area contributed by atoms with Crippen LogP contribution in [0.25, 0.3) is 0 Å². The highest BCUT2D eigenvalue weighted by atomic mass is 16.5. The van der Waals surface area contributed by atoms with Gasteiger partial charge in [-0.1, -0.05) is 30.7 Å². The Morgan fingerprint density at radius 1 is 0.967 bits per heavy atom. The van der Waals surface area contributed by atoms with E-state index in [1.54, 1.807) is 0 Å². The molecule has 2 amide bonds. The van der Waals surface area contributed by atoms with Gasteiger partial charge in [-0.15, -0.1) is 0 Å². The van der Waals surface area contributed by atoms with Crippen LogP contribution >= 0.6 is 0 Å². The summed E-state index contributed by atoms with van der Waals surface area (Å²) >= 11 is 0. The lowest BCUT2D eigenvalue weighted by Crippen LogP contribution is -2.35. The van der Waals surface area contributed by atoms with E-state index < -0.39 is 6.09 Å². The molecule has 0 unspecified atom stereocenters. The summed E-state index contributed by atoms with van der Waals surface area (Å²) < 4.78 is 4.72. The summed E-state index contributed by atoms with van der Waals surface area (Å²) in [5, 5.41) is 2.72. The van der Waals surface area contributed by atoms with Gasteiger partial charge in [-0.25, -0.2) is 4.79 Å². The number of carbonyl (C=O) groups is 2. The molecule has 2 aromatic rings. The van der Waals surface area contributed by atoms with Crippen LogP contribution in [0.4, 0.5) is 21.9 Å². The van der Waals surface area contributed by atoms with Gasteiger partial charge in [0.15, 0.2) is 0 Å². The van der Waals surface area contributed by atoms with Gasteiger partial charge in [0.25, 0.3) is 0 Å². The second-order valence-corrected chi connectivity index (χ2v) is 7.97. The summed E-state index contributed by atoms with van der Waals surface area (Å²) in [6.45, 7) is 2.94. The fourth-order valence-corrected chi connectivity index (χ4v) is 4.39. The third kappa shape index (κ3) is 4.49. The van der Waals surface area contributed by atoms with Gasteiger partial charge >= 0.3 is 6.09 Å². The van der Waals surface area contributed by atoms with Crippen molar-refractivity contribution >= 4 is 29.1 Å². The second-order valence-electron chi connectivity index (χ2n) is 7.97. The molecular weight excluding hydrogens is 378 g/mol. The Morgan fingerprint density at radius 2 is 1.70 bits per heavy atom. The van der Waals surface area contributed by atoms with Gasteiger partial charge in [0.2, 0.25) is 5.91 Å². The van der Waals surface area contributed by atoms with E-state index in [0.29, 0.717) is 12.1 Å². The largest absolute Gasteiger partial charge is 0.453 e. The third-order valence-electron chi connectivity index (χ3n) is 5.99. The predicted octanol–water partition coefficient (Wildman–Crippen LogP) is 4.50. The number of methoxy groups -OCH3 is 1. The van der Waals surface area contributed by atoms with Crippen LogP contribution < -0.4 is 10.2 Å². The van der Waals surface area contributed by atoms with Crippen LogP contribution in [-0.2, 0) is 22.4 Å². The highest BCUT2D eigenvalue weighted by Gasteiger charge is 2.26. The number of amides is 2. The van der Waals surface area contributed by atoms with Gasteiger partial charge in [0.05, 0.1) is 18.5 Å². The smallest absolute Gasteiger partial charge is 0.411 e. The molecule has 1 N–H and O–H groups in total. The van der Waals surface area contributed by atoms with Crippen LogP contribution in [0.15, 0.2) is 42.5 Å². The fourth-order valence-electron chi connectivity index (χ4n) is 4.39. The topological polar surface area (TPSA) is 61.9 Å². The standard InChI is InChI=1S/C24H29N3O3/c1-30-24(29)25-20-12-11-19-10-9-18-7-3-4-8-21(18)27(22(19)17-20)23(28)13-16-26-14-5-2-6-15-26/h3-4,7-8,11-12,17H,2,5-6,9-10,13-16H2,1H3,(H,25,29). The maximum Gasteiger partial charge on any atom is 0.411 e. The molecule has 4 rings (SSSR count). The van der Waals surface area contributed by atoms with Crippen molar-refractivity contribution in [1.29, 1.82) is 0 Å². The molecule has 2 aliphatic rings. The van der Waals surface area contributed by atoms with Gasteiger partial charge in [-0.3, -0.25) is 15.0 Å². The SMILES string of the molecule is COC(=O)Nc1ccc2c(c1)N(C(=O)CCN1CCCCC1)c1ccccc1CC2. The Kier molecular flexibility index (Phi) is 6.33. The van der Waals surface area contributed by atoms with Crippen molar-refractivity contribution in [2.45, 2.75) is 38.5 Å². The number of nitrogens with zero attached hydrogens (tertiary/aromatic N) is 2. The van der Waals surface area contributed by atoms with Gasteiger partial charge in [-0.05, 0) is 68.1 Å². The highest BCUT2D eigenvalue weighted by Crippen LogP contribution is 2.38. The number of ether oxygens (including phenoxy) is 1. The van der Waals surface area contributed by atoms with Crippen molar-refractivity contribution in [1.82, 2.24) is 4.90 Å². The van der Waals surface area contributed by atoms with Crippen molar-refractivity contribution in [3.8, 4) is 0 Å². The molecule has 158 valence electrons. The molecule has 0 radical (unpaired) electrons. The molecule has 2 aliphatic heterocycles. The van der Waals surface area contributed by atoms with Crippen molar-refractivity contribution in [3.63, 3.8) is 0 Å². The number of fused-ring (bicyclic) bond motifs is 2. The summed E-state index contributed by atoms with van der Waals surface area (Å²) in [4.78, 5) is 29.4. The lowest BCUT2D eigenvalue weighted by atomic mass is 10.0. The van der Waals surface area contributed by atoms with Crippen molar-refractivity contribution < 1.29 is 14.3 Å². The molecule has 0 saturated carbocycles. The molecule has 2 heterocycles. The van der Waals surface area contributed by atoms with Crippen LogP contribution in [0.1, 0.15) is 36.8 Å². The number of rotatable bonds is 4. The molecule has 6 heteroatoms. The first-order chi connectivity index (χ1) is 14.7. The molecule has 0 bridgehead atoms. The summed E-state index contributed by atoms with van der Waals surface area (Å²) in [7, 11) is 1.34. The molecule has 0 spiro atoms. The Balaban J connectivity index is 1.65. The lowest BCUT2D eigenvalue weighted by molar-refractivity contribution is -0.118. The number of hydrogen-bond acceptors (Lipinski definition) is 4. The molecular formula is C24H29N3O3. The molecule has 1 saturated heterocycles. The van der Waals surface area contributed by atoms with E-state index in [2.05, 4.69) is 16.3 Å². The first-order valence-corrected chi connectivity index (χ1v) is 10.8. The number of benzene rings is 2. The van der Waals surface area contributed by atoms with Crippen LogP contribution in [0.3, 0.4) is 0 Å². The first-order valence-electron chi connectivity index (χ1n) is 10.8. The van der Waals surface area contributed by atoms with Crippen LogP contribution in [-0.4, -0.2) is 43.6 Å². The maximum absolute atomic E-state index is 13.5. The van der Waals surface area contributed by atoms with E-state index in [9.17, 15) is 9.59 Å². The van der Waals surface area contributed by atoms with E-state index in [4.69, 9.17) is 4.74 Å². The number of para-hydroxylation sites is 1. The number of carbonyl (C=O) groups excluding carboxylic acids is 2. The Bertz CT molecular complexity index is 922. The Hall–Kier alpha value is -2.86. The predicted molar refractivity (Wildman–Crippen MR) is 118 cm³/mol. The molecule has 1 fully saturated rings. The van der Waals surface area contributed by atoms with Gasteiger partial charge < -0.3 is 9.64 Å². The summed E-state index contributed by atoms with van der Waals surface area (Å²) in [5.74, 6) is 0.0893. The van der Waals surface area contributed by atoms with E-state index in [1.165, 1.54) is 31.9 Å². The van der Waals surface area contributed by atoms with E-state index in [-0.39, 0.29) is 5.91 Å². The van der Waals surface area contributed by atoms with E-state index in [1.807, 2.05) is 41.3 Å². The van der Waals surface area contributed by atoms with Crippen molar-refractivity contribution in [2.24, 2.45) is 0 Å². The molecule has 30 heavy (non-hydrogen) atoms. The van der Waals surface area contributed by atoms with Crippen LogP contribution in [0, 0.1) is 0 Å². The van der Waals surface area contributed by atoms with E-state index >= 15 is 0 Å².